The topological polar surface area (TPSA) is 88.8 Å². The van der Waals surface area contributed by atoms with Crippen LogP contribution in [-0.2, 0) is 15.6 Å². The molecule has 2 rings (SSSR count). The fourth-order valence-corrected chi connectivity index (χ4v) is 2.34. The minimum absolute atomic E-state index is 0.140. The zero-order valence-electron chi connectivity index (χ0n) is 8.49. The molecule has 0 spiro atoms. The van der Waals surface area contributed by atoms with E-state index in [1.54, 1.807) is 12.1 Å². The Kier molecular flexibility index (Phi) is 2.55. The van der Waals surface area contributed by atoms with E-state index in [0.717, 1.165) is 6.26 Å². The maximum Gasteiger partial charge on any atom is 0.154 e. The summed E-state index contributed by atoms with van der Waals surface area (Å²) in [5.74, 6) is 0.227. The Morgan fingerprint density at radius 2 is 2.19 bits per heavy atom. The zero-order chi connectivity index (χ0) is 11.9. The number of nitrogens with one attached hydrogen (secondary N) is 1. The molecule has 86 valence electrons. The average molecular weight is 260 g/mol. The number of imidazole rings is 1. The first-order chi connectivity index (χ1) is 7.35. The normalized spacial score (nSPS) is 12.1. The number of nitrogen functional groups attached to an aromatic ring is 1. The predicted molar refractivity (Wildman–Crippen MR) is 64.1 cm³/mol. The van der Waals surface area contributed by atoms with Crippen molar-refractivity contribution in [1.29, 1.82) is 0 Å². The summed E-state index contributed by atoms with van der Waals surface area (Å²) in [6.07, 6.45) is 1.15. The highest BCUT2D eigenvalue weighted by molar-refractivity contribution is 7.89. The van der Waals surface area contributed by atoms with Crippen molar-refractivity contribution in [3.8, 4) is 0 Å². The van der Waals surface area contributed by atoms with Crippen LogP contribution in [0.4, 0.5) is 5.69 Å². The average Bonchev–Trinajstić information content (AvgIpc) is 2.43. The minimum atomic E-state index is -3.12. The van der Waals surface area contributed by atoms with Gasteiger partial charge in [0.1, 0.15) is 17.1 Å². The molecule has 0 aliphatic rings. The molecule has 1 aromatic heterocycles. The monoisotopic (exact) mass is 259 g/mol. The fourth-order valence-electron chi connectivity index (χ4n) is 1.48. The molecule has 0 radical (unpaired) electrons. The second-order valence-electron chi connectivity index (χ2n) is 3.64. The first kappa shape index (κ1) is 11.2. The fraction of sp³-hybridized carbons (Fsp3) is 0.222. The number of anilines is 1. The Morgan fingerprint density at radius 1 is 1.50 bits per heavy atom. The first-order valence-electron chi connectivity index (χ1n) is 4.46. The molecule has 0 unspecified atom stereocenters. The highest BCUT2D eigenvalue weighted by Crippen LogP contribution is 2.24. The molecule has 5 nitrogen and oxygen atoms in total. The molecule has 0 aliphatic heterocycles. The Morgan fingerprint density at radius 3 is 2.81 bits per heavy atom. The number of fused-ring (bicyclic) bond motifs is 1. The number of halogens is 1. The van der Waals surface area contributed by atoms with Crippen molar-refractivity contribution in [2.45, 2.75) is 5.75 Å². The van der Waals surface area contributed by atoms with Crippen molar-refractivity contribution in [3.05, 3.63) is 23.0 Å². The van der Waals surface area contributed by atoms with Crippen LogP contribution in [0.15, 0.2) is 12.1 Å². The number of hydrogen-bond acceptors (Lipinski definition) is 4. The third-order valence-corrected chi connectivity index (χ3v) is 3.04. The summed E-state index contributed by atoms with van der Waals surface area (Å²) in [4.78, 5) is 7.00. The number of hydrogen-bond donors (Lipinski definition) is 2. The largest absolute Gasteiger partial charge is 0.397 e. The van der Waals surface area contributed by atoms with Crippen molar-refractivity contribution < 1.29 is 8.42 Å². The van der Waals surface area contributed by atoms with E-state index in [9.17, 15) is 8.42 Å². The van der Waals surface area contributed by atoms with Crippen LogP contribution >= 0.6 is 11.6 Å². The van der Waals surface area contributed by atoms with Crippen LogP contribution in [0.5, 0.6) is 0 Å². The van der Waals surface area contributed by atoms with E-state index in [1.807, 2.05) is 0 Å². The van der Waals surface area contributed by atoms with Gasteiger partial charge in [0.25, 0.3) is 0 Å². The molecule has 0 fully saturated rings. The van der Waals surface area contributed by atoms with Gasteiger partial charge < -0.3 is 10.7 Å². The van der Waals surface area contributed by atoms with Gasteiger partial charge in [0.15, 0.2) is 9.84 Å². The van der Waals surface area contributed by atoms with Crippen LogP contribution in [0.3, 0.4) is 0 Å². The number of nitrogens with zero attached hydrogens (tertiary/aromatic N) is 1. The zero-order valence-corrected chi connectivity index (χ0v) is 10.1. The molecule has 0 aliphatic carbocycles. The second kappa shape index (κ2) is 3.64. The van der Waals surface area contributed by atoms with Crippen LogP contribution in [-0.4, -0.2) is 24.6 Å². The Balaban J connectivity index is 2.56. The van der Waals surface area contributed by atoms with Gasteiger partial charge in [-0.1, -0.05) is 11.6 Å². The van der Waals surface area contributed by atoms with Crippen LogP contribution in [0.1, 0.15) is 5.82 Å². The van der Waals surface area contributed by atoms with E-state index in [2.05, 4.69) is 9.97 Å². The van der Waals surface area contributed by atoms with E-state index in [4.69, 9.17) is 17.3 Å². The molecule has 0 bridgehead atoms. The van der Waals surface area contributed by atoms with Crippen molar-refractivity contribution in [1.82, 2.24) is 9.97 Å². The molecule has 1 heterocycles. The smallest absolute Gasteiger partial charge is 0.154 e. The number of sulfone groups is 1. The van der Waals surface area contributed by atoms with E-state index < -0.39 is 9.84 Å². The lowest BCUT2D eigenvalue weighted by atomic mass is 10.3. The van der Waals surface area contributed by atoms with Gasteiger partial charge in [-0.25, -0.2) is 13.4 Å². The van der Waals surface area contributed by atoms with E-state index >= 15 is 0 Å². The number of H-pyrrole nitrogens is 1. The Labute approximate surface area is 97.5 Å². The van der Waals surface area contributed by atoms with Gasteiger partial charge >= 0.3 is 0 Å². The highest BCUT2D eigenvalue weighted by atomic mass is 35.5. The molecule has 0 saturated carbocycles. The van der Waals surface area contributed by atoms with Crippen molar-refractivity contribution in [2.75, 3.05) is 12.0 Å². The summed E-state index contributed by atoms with van der Waals surface area (Å²) in [7, 11) is -3.12. The number of nitrogens with two attached hydrogens (primary N) is 1. The van der Waals surface area contributed by atoms with Crippen LogP contribution in [0, 0.1) is 0 Å². The first-order valence-corrected chi connectivity index (χ1v) is 6.90. The van der Waals surface area contributed by atoms with Crippen LogP contribution < -0.4 is 5.73 Å². The number of benzene rings is 1. The Bertz CT molecular complexity index is 648. The predicted octanol–water partition coefficient (Wildman–Crippen LogP) is 1.34. The maximum absolute atomic E-state index is 11.1. The van der Waals surface area contributed by atoms with Crippen molar-refractivity contribution >= 4 is 38.2 Å². The molecule has 0 atom stereocenters. The number of aromatic nitrogens is 2. The highest BCUT2D eigenvalue weighted by Gasteiger charge is 2.11. The third-order valence-electron chi connectivity index (χ3n) is 2.03. The molecule has 0 saturated heterocycles. The molecule has 3 N–H and O–H groups in total. The summed E-state index contributed by atoms with van der Waals surface area (Å²) in [5, 5.41) is 0.486. The number of aromatic amines is 1. The Hall–Kier alpha value is -1.27. The van der Waals surface area contributed by atoms with Crippen LogP contribution in [0.25, 0.3) is 11.0 Å². The van der Waals surface area contributed by atoms with Gasteiger partial charge in [-0.05, 0) is 12.1 Å². The SMILES string of the molecule is CS(=O)(=O)Cc1nc2c(N)cc(Cl)cc2[nH]1. The lowest BCUT2D eigenvalue weighted by Crippen LogP contribution is -2.02. The maximum atomic E-state index is 11.1. The second-order valence-corrected chi connectivity index (χ2v) is 6.22. The summed E-state index contributed by atoms with van der Waals surface area (Å²) < 4.78 is 22.2. The summed E-state index contributed by atoms with van der Waals surface area (Å²) >= 11 is 5.82. The standard InChI is InChI=1S/C9H10ClN3O2S/c1-16(14,15)4-8-12-7-3-5(10)2-6(11)9(7)13-8/h2-3H,4,11H2,1H3,(H,12,13). The molecule has 0 amide bonds. The molecular formula is C9H10ClN3O2S. The van der Waals surface area contributed by atoms with E-state index in [0.29, 0.717) is 27.6 Å². The van der Waals surface area contributed by atoms with Gasteiger partial charge in [-0.2, -0.15) is 0 Å². The van der Waals surface area contributed by atoms with Crippen molar-refractivity contribution in [2.24, 2.45) is 0 Å². The molecule has 7 heteroatoms. The van der Waals surface area contributed by atoms with Gasteiger partial charge in [0.05, 0.1) is 11.2 Å². The summed E-state index contributed by atoms with van der Waals surface area (Å²) in [6, 6.07) is 3.24. The molecule has 1 aromatic carbocycles. The van der Waals surface area contributed by atoms with E-state index in [1.165, 1.54) is 0 Å². The number of rotatable bonds is 2. The van der Waals surface area contributed by atoms with Gasteiger partial charge in [-0.15, -0.1) is 0 Å². The van der Waals surface area contributed by atoms with Crippen LogP contribution in [0.2, 0.25) is 5.02 Å². The molecule has 16 heavy (non-hydrogen) atoms. The van der Waals surface area contributed by atoms with Gasteiger partial charge in [0.2, 0.25) is 0 Å². The van der Waals surface area contributed by atoms with Crippen molar-refractivity contribution in [3.63, 3.8) is 0 Å². The van der Waals surface area contributed by atoms with E-state index in [-0.39, 0.29) is 5.75 Å². The lowest BCUT2D eigenvalue weighted by molar-refractivity contribution is 0.600. The summed E-state index contributed by atoms with van der Waals surface area (Å²) in [6.45, 7) is 0. The molecular weight excluding hydrogens is 250 g/mol. The third kappa shape index (κ3) is 2.28. The quantitative estimate of drug-likeness (QED) is 0.797. The minimum Gasteiger partial charge on any atom is -0.397 e. The lowest BCUT2D eigenvalue weighted by Gasteiger charge is -1.94. The summed E-state index contributed by atoms with van der Waals surface area (Å²) in [5.41, 5.74) is 7.33. The van der Waals surface area contributed by atoms with Gasteiger partial charge in [-0.3, -0.25) is 0 Å². The van der Waals surface area contributed by atoms with Gasteiger partial charge in [0, 0.05) is 11.3 Å². The molecule has 2 aromatic rings.